The van der Waals surface area contributed by atoms with Crippen LogP contribution in [0.3, 0.4) is 0 Å². The maximum Gasteiger partial charge on any atom is -0.0322 e. The van der Waals surface area contributed by atoms with Gasteiger partial charge in [-0.15, -0.1) is 0 Å². The predicted molar refractivity (Wildman–Crippen MR) is 57.7 cm³/mol. The van der Waals surface area contributed by atoms with E-state index in [2.05, 4.69) is 12.2 Å². The van der Waals surface area contributed by atoms with Crippen LogP contribution in [0.4, 0.5) is 0 Å². The van der Waals surface area contributed by atoms with Gasteiger partial charge in [0, 0.05) is 0 Å². The van der Waals surface area contributed by atoms with Crippen molar-refractivity contribution in [2.24, 2.45) is 11.8 Å². The van der Waals surface area contributed by atoms with Gasteiger partial charge in [0.25, 0.3) is 0 Å². The first-order chi connectivity index (χ1) is 6.45. The van der Waals surface area contributed by atoms with Gasteiger partial charge in [-0.05, 0) is 37.5 Å². The van der Waals surface area contributed by atoms with Gasteiger partial charge in [-0.1, -0.05) is 44.3 Å². The highest BCUT2D eigenvalue weighted by molar-refractivity contribution is 4.90. The summed E-state index contributed by atoms with van der Waals surface area (Å²) in [5.41, 5.74) is 0. The van der Waals surface area contributed by atoms with Crippen LogP contribution in [0.1, 0.15) is 57.8 Å². The molecule has 2 rings (SSSR count). The standard InChI is InChI=1S/C13H22/c1-3-7-12(8-4-1)11-13-9-5-2-6-10-13/h1,3,12-13H,2,4-11H2. The third-order valence-corrected chi connectivity index (χ3v) is 3.77. The molecule has 0 aromatic carbocycles. The minimum atomic E-state index is 1.04. The van der Waals surface area contributed by atoms with E-state index < -0.39 is 0 Å². The van der Waals surface area contributed by atoms with Gasteiger partial charge in [0.15, 0.2) is 0 Å². The summed E-state index contributed by atoms with van der Waals surface area (Å²) in [7, 11) is 0. The van der Waals surface area contributed by atoms with Crippen molar-refractivity contribution in [1.82, 2.24) is 0 Å². The Hall–Kier alpha value is -0.260. The molecular weight excluding hydrogens is 156 g/mol. The van der Waals surface area contributed by atoms with Gasteiger partial charge in [0.05, 0.1) is 0 Å². The lowest BCUT2D eigenvalue weighted by atomic mass is 9.79. The molecule has 1 unspecified atom stereocenters. The van der Waals surface area contributed by atoms with E-state index in [1.165, 1.54) is 57.8 Å². The van der Waals surface area contributed by atoms with Gasteiger partial charge in [0.2, 0.25) is 0 Å². The molecule has 0 heterocycles. The van der Waals surface area contributed by atoms with Crippen molar-refractivity contribution in [3.8, 4) is 0 Å². The van der Waals surface area contributed by atoms with Crippen molar-refractivity contribution in [3.63, 3.8) is 0 Å². The van der Waals surface area contributed by atoms with Crippen molar-refractivity contribution in [1.29, 1.82) is 0 Å². The molecule has 74 valence electrons. The van der Waals surface area contributed by atoms with Crippen molar-refractivity contribution >= 4 is 0 Å². The van der Waals surface area contributed by atoms with Crippen LogP contribution < -0.4 is 0 Å². The Bertz CT molecular complexity index is 163. The van der Waals surface area contributed by atoms with E-state index in [0.717, 1.165) is 11.8 Å². The van der Waals surface area contributed by atoms with Crippen LogP contribution in [0, 0.1) is 11.8 Å². The molecule has 0 aromatic heterocycles. The molecule has 0 N–H and O–H groups in total. The normalized spacial score (nSPS) is 30.6. The molecule has 1 saturated carbocycles. The quantitative estimate of drug-likeness (QED) is 0.553. The molecule has 1 atom stereocenters. The van der Waals surface area contributed by atoms with Gasteiger partial charge < -0.3 is 0 Å². The van der Waals surface area contributed by atoms with E-state index in [0.29, 0.717) is 0 Å². The van der Waals surface area contributed by atoms with Gasteiger partial charge in [-0.3, -0.25) is 0 Å². The van der Waals surface area contributed by atoms with Crippen molar-refractivity contribution in [3.05, 3.63) is 12.2 Å². The van der Waals surface area contributed by atoms with Crippen LogP contribution in [0.5, 0.6) is 0 Å². The molecule has 13 heavy (non-hydrogen) atoms. The van der Waals surface area contributed by atoms with Crippen LogP contribution in [0.15, 0.2) is 12.2 Å². The molecule has 1 fully saturated rings. The molecule has 0 amide bonds. The van der Waals surface area contributed by atoms with E-state index in [9.17, 15) is 0 Å². The lowest BCUT2D eigenvalue weighted by molar-refractivity contribution is 0.277. The summed E-state index contributed by atoms with van der Waals surface area (Å²) in [4.78, 5) is 0. The van der Waals surface area contributed by atoms with E-state index in [1.807, 2.05) is 0 Å². The monoisotopic (exact) mass is 178 g/mol. The number of hydrogen-bond acceptors (Lipinski definition) is 0. The lowest BCUT2D eigenvalue weighted by Gasteiger charge is -2.27. The first-order valence-corrected chi connectivity index (χ1v) is 6.10. The number of rotatable bonds is 2. The fraction of sp³-hybridized carbons (Fsp3) is 0.846. The first kappa shape index (κ1) is 9.30. The molecule has 0 heteroatoms. The highest BCUT2D eigenvalue weighted by Gasteiger charge is 2.18. The minimum absolute atomic E-state index is 1.04. The summed E-state index contributed by atoms with van der Waals surface area (Å²) in [6.07, 6.45) is 18.0. The van der Waals surface area contributed by atoms with E-state index in [1.54, 1.807) is 0 Å². The van der Waals surface area contributed by atoms with Gasteiger partial charge in [-0.25, -0.2) is 0 Å². The molecule has 0 aromatic rings. The van der Waals surface area contributed by atoms with Crippen LogP contribution in [-0.2, 0) is 0 Å². The average molecular weight is 178 g/mol. The molecule has 0 saturated heterocycles. The average Bonchev–Trinajstić information content (AvgIpc) is 2.21. The number of allylic oxidation sites excluding steroid dienone is 2. The van der Waals surface area contributed by atoms with E-state index in [-0.39, 0.29) is 0 Å². The molecule has 2 aliphatic carbocycles. The fourth-order valence-electron chi connectivity index (χ4n) is 2.96. The summed E-state index contributed by atoms with van der Waals surface area (Å²) < 4.78 is 0. The summed E-state index contributed by atoms with van der Waals surface area (Å²) in [5.74, 6) is 2.12. The number of hydrogen-bond donors (Lipinski definition) is 0. The lowest BCUT2D eigenvalue weighted by Crippen LogP contribution is -2.13. The Morgan fingerprint density at radius 3 is 2.38 bits per heavy atom. The Balaban J connectivity index is 1.72. The van der Waals surface area contributed by atoms with E-state index in [4.69, 9.17) is 0 Å². The maximum absolute atomic E-state index is 2.40. The SMILES string of the molecule is C1=CCC(CC2CCCCC2)CC1. The smallest absolute Gasteiger partial charge is 0.0322 e. The molecule has 0 aliphatic heterocycles. The summed E-state index contributed by atoms with van der Waals surface area (Å²) in [5, 5.41) is 0. The first-order valence-electron chi connectivity index (χ1n) is 6.10. The molecular formula is C13H22. The van der Waals surface area contributed by atoms with Gasteiger partial charge >= 0.3 is 0 Å². The minimum Gasteiger partial charge on any atom is -0.0885 e. The summed E-state index contributed by atoms with van der Waals surface area (Å²) in [6.45, 7) is 0. The molecule has 0 nitrogen and oxygen atoms in total. The Kier molecular flexibility index (Phi) is 3.46. The van der Waals surface area contributed by atoms with Crippen molar-refractivity contribution in [2.45, 2.75) is 57.8 Å². The van der Waals surface area contributed by atoms with Crippen molar-refractivity contribution < 1.29 is 0 Å². The van der Waals surface area contributed by atoms with Crippen LogP contribution in [0.2, 0.25) is 0 Å². The second kappa shape index (κ2) is 4.83. The highest BCUT2D eigenvalue weighted by atomic mass is 14.2. The van der Waals surface area contributed by atoms with Crippen LogP contribution in [0.25, 0.3) is 0 Å². The summed E-state index contributed by atoms with van der Waals surface area (Å²) >= 11 is 0. The molecule has 2 aliphatic rings. The van der Waals surface area contributed by atoms with Gasteiger partial charge in [0.1, 0.15) is 0 Å². The second-order valence-corrected chi connectivity index (χ2v) is 4.89. The fourth-order valence-corrected chi connectivity index (χ4v) is 2.96. The zero-order chi connectivity index (χ0) is 8.93. The third-order valence-electron chi connectivity index (χ3n) is 3.77. The van der Waals surface area contributed by atoms with Gasteiger partial charge in [-0.2, -0.15) is 0 Å². The van der Waals surface area contributed by atoms with E-state index >= 15 is 0 Å². The molecule has 0 bridgehead atoms. The van der Waals surface area contributed by atoms with Crippen LogP contribution in [-0.4, -0.2) is 0 Å². The maximum atomic E-state index is 2.40. The Labute approximate surface area is 82.4 Å². The van der Waals surface area contributed by atoms with Crippen LogP contribution >= 0.6 is 0 Å². The topological polar surface area (TPSA) is 0 Å². The third kappa shape index (κ3) is 2.86. The predicted octanol–water partition coefficient (Wildman–Crippen LogP) is 4.31. The Morgan fingerprint density at radius 1 is 0.846 bits per heavy atom. The Morgan fingerprint density at radius 2 is 1.69 bits per heavy atom. The zero-order valence-electron chi connectivity index (χ0n) is 8.67. The highest BCUT2D eigenvalue weighted by Crippen LogP contribution is 2.33. The summed E-state index contributed by atoms with van der Waals surface area (Å²) in [6, 6.07) is 0. The largest absolute Gasteiger partial charge is 0.0885 e. The molecule has 0 radical (unpaired) electrons. The second-order valence-electron chi connectivity index (χ2n) is 4.89. The van der Waals surface area contributed by atoms with Crippen molar-refractivity contribution in [2.75, 3.05) is 0 Å². The molecule has 0 spiro atoms. The zero-order valence-corrected chi connectivity index (χ0v) is 8.67.